The van der Waals surface area contributed by atoms with Crippen molar-refractivity contribution in [1.29, 1.82) is 0 Å². The molecule has 1 amide bonds. The Morgan fingerprint density at radius 3 is 2.49 bits per heavy atom. The Hall–Kier alpha value is -4.07. The van der Waals surface area contributed by atoms with Crippen LogP contribution in [0.15, 0.2) is 67.3 Å². The molecule has 180 valence electrons. The molecule has 2 aromatic heterocycles. The number of carbonyl (C=O) groups is 1. The predicted octanol–water partition coefficient (Wildman–Crippen LogP) is 4.71. The number of ether oxygens (including phenoxy) is 2. The van der Waals surface area contributed by atoms with Crippen molar-refractivity contribution in [2.75, 3.05) is 20.3 Å². The van der Waals surface area contributed by atoms with E-state index in [1.54, 1.807) is 19.6 Å². The highest BCUT2D eigenvalue weighted by Gasteiger charge is 2.41. The smallest absolute Gasteiger partial charge is 0.273 e. The summed E-state index contributed by atoms with van der Waals surface area (Å²) in [5.74, 6) is 1.57. The van der Waals surface area contributed by atoms with Gasteiger partial charge in [0.2, 0.25) is 0 Å². The molecule has 5 rings (SSSR count). The van der Waals surface area contributed by atoms with Gasteiger partial charge < -0.3 is 18.9 Å². The van der Waals surface area contributed by atoms with Crippen LogP contribution in [0.1, 0.15) is 47.4 Å². The van der Waals surface area contributed by atoms with Crippen molar-refractivity contribution in [2.45, 2.75) is 32.4 Å². The summed E-state index contributed by atoms with van der Waals surface area (Å²) >= 11 is 0. The number of benzene rings is 2. The summed E-state index contributed by atoms with van der Waals surface area (Å²) in [6, 6.07) is 15.6. The highest BCUT2D eigenvalue weighted by Crippen LogP contribution is 2.43. The number of hydrogen-bond donors (Lipinski definition) is 1. The van der Waals surface area contributed by atoms with Crippen LogP contribution in [0.4, 0.5) is 0 Å². The van der Waals surface area contributed by atoms with Crippen molar-refractivity contribution in [3.63, 3.8) is 0 Å². The number of nitrogens with zero attached hydrogens (tertiary/aromatic N) is 4. The van der Waals surface area contributed by atoms with Gasteiger partial charge in [-0.3, -0.25) is 9.89 Å². The zero-order valence-electron chi connectivity index (χ0n) is 20.0. The second kappa shape index (κ2) is 10.0. The standard InChI is InChI=1S/C27H29N5O3/c1-3-17-35-22-11-7-20(8-12-22)26-23-24(19-5-9-21(34-2)10-6-19)29-30-25(23)27(33)32(26)15-4-14-31-16-13-28-18-31/h5-13,16,18,26H,3-4,14-15,17H2,1-2H3,(H,29,30). The number of aryl methyl sites for hydroxylation is 1. The molecule has 0 saturated heterocycles. The zero-order valence-corrected chi connectivity index (χ0v) is 20.0. The molecular weight excluding hydrogens is 442 g/mol. The van der Waals surface area contributed by atoms with Crippen LogP contribution in [0.5, 0.6) is 11.5 Å². The minimum Gasteiger partial charge on any atom is -0.497 e. The highest BCUT2D eigenvalue weighted by atomic mass is 16.5. The summed E-state index contributed by atoms with van der Waals surface area (Å²) in [4.78, 5) is 19.6. The van der Waals surface area contributed by atoms with Crippen LogP contribution in [0, 0.1) is 0 Å². The van der Waals surface area contributed by atoms with E-state index in [1.165, 1.54) is 0 Å². The van der Waals surface area contributed by atoms with E-state index in [1.807, 2.05) is 64.2 Å². The number of fused-ring (bicyclic) bond motifs is 1. The van der Waals surface area contributed by atoms with Crippen LogP contribution in [0.25, 0.3) is 11.3 Å². The van der Waals surface area contributed by atoms with E-state index in [0.29, 0.717) is 18.8 Å². The van der Waals surface area contributed by atoms with E-state index in [9.17, 15) is 4.79 Å². The maximum absolute atomic E-state index is 13.5. The van der Waals surface area contributed by atoms with E-state index in [-0.39, 0.29) is 11.9 Å². The first-order valence-electron chi connectivity index (χ1n) is 11.9. The fraction of sp³-hybridized carbons (Fsp3) is 0.296. The molecule has 0 bridgehead atoms. The Morgan fingerprint density at radius 2 is 1.80 bits per heavy atom. The molecule has 0 aliphatic carbocycles. The Bertz CT molecular complexity index is 1260. The molecule has 1 N–H and O–H groups in total. The van der Waals surface area contributed by atoms with Crippen LogP contribution < -0.4 is 9.47 Å². The number of imidazole rings is 1. The summed E-state index contributed by atoms with van der Waals surface area (Å²) in [6.45, 7) is 4.16. The van der Waals surface area contributed by atoms with Crippen LogP contribution in [0.2, 0.25) is 0 Å². The van der Waals surface area contributed by atoms with Crippen molar-refractivity contribution in [3.8, 4) is 22.8 Å². The molecule has 0 radical (unpaired) electrons. The highest BCUT2D eigenvalue weighted by molar-refractivity contribution is 6.00. The molecule has 1 aliphatic rings. The Labute approximate surface area is 204 Å². The van der Waals surface area contributed by atoms with Gasteiger partial charge in [-0.05, 0) is 54.8 Å². The number of aromatic nitrogens is 4. The van der Waals surface area contributed by atoms with Gasteiger partial charge in [0, 0.05) is 36.6 Å². The van der Waals surface area contributed by atoms with E-state index in [4.69, 9.17) is 9.47 Å². The molecule has 1 atom stereocenters. The third-order valence-electron chi connectivity index (χ3n) is 6.27. The van der Waals surface area contributed by atoms with Gasteiger partial charge in [-0.1, -0.05) is 19.1 Å². The maximum Gasteiger partial charge on any atom is 0.273 e. The lowest BCUT2D eigenvalue weighted by Crippen LogP contribution is -2.31. The lowest BCUT2D eigenvalue weighted by Gasteiger charge is -2.26. The Kier molecular flexibility index (Phi) is 6.52. The average molecular weight is 472 g/mol. The molecule has 4 aromatic rings. The summed E-state index contributed by atoms with van der Waals surface area (Å²) in [5, 5.41) is 7.58. The minimum atomic E-state index is -0.239. The third kappa shape index (κ3) is 4.51. The van der Waals surface area contributed by atoms with Gasteiger partial charge in [0.1, 0.15) is 17.2 Å². The lowest BCUT2D eigenvalue weighted by atomic mass is 9.96. The van der Waals surface area contributed by atoms with Crippen LogP contribution in [-0.2, 0) is 6.54 Å². The molecule has 35 heavy (non-hydrogen) atoms. The molecule has 1 unspecified atom stereocenters. The van der Waals surface area contributed by atoms with E-state index in [0.717, 1.165) is 53.3 Å². The van der Waals surface area contributed by atoms with Gasteiger partial charge in [0.25, 0.3) is 5.91 Å². The van der Waals surface area contributed by atoms with Gasteiger partial charge in [0.05, 0.1) is 31.8 Å². The zero-order chi connectivity index (χ0) is 24.2. The average Bonchev–Trinajstić information content (AvgIpc) is 3.62. The largest absolute Gasteiger partial charge is 0.497 e. The Morgan fingerprint density at radius 1 is 1.03 bits per heavy atom. The number of amides is 1. The van der Waals surface area contributed by atoms with Gasteiger partial charge >= 0.3 is 0 Å². The van der Waals surface area contributed by atoms with Crippen molar-refractivity contribution in [1.82, 2.24) is 24.6 Å². The monoisotopic (exact) mass is 471 g/mol. The number of rotatable bonds is 10. The number of aromatic amines is 1. The SMILES string of the molecule is CCCOc1ccc(C2c3c(-c4ccc(OC)cc4)n[nH]c3C(=O)N2CCCn2ccnc2)cc1. The topological polar surface area (TPSA) is 85.3 Å². The number of carbonyl (C=O) groups excluding carboxylic acids is 1. The van der Waals surface area contributed by atoms with Gasteiger partial charge in [0.15, 0.2) is 0 Å². The minimum absolute atomic E-state index is 0.0331. The number of methoxy groups -OCH3 is 1. The summed E-state index contributed by atoms with van der Waals surface area (Å²) in [6.07, 6.45) is 7.27. The summed E-state index contributed by atoms with van der Waals surface area (Å²) in [5.41, 5.74) is 4.20. The molecule has 8 heteroatoms. The summed E-state index contributed by atoms with van der Waals surface area (Å²) < 4.78 is 13.1. The molecule has 0 spiro atoms. The van der Waals surface area contributed by atoms with E-state index in [2.05, 4.69) is 22.1 Å². The van der Waals surface area contributed by atoms with Crippen LogP contribution >= 0.6 is 0 Å². The molecule has 2 aromatic carbocycles. The van der Waals surface area contributed by atoms with Crippen molar-refractivity contribution in [2.24, 2.45) is 0 Å². The van der Waals surface area contributed by atoms with Crippen molar-refractivity contribution >= 4 is 5.91 Å². The number of H-pyrrole nitrogens is 1. The van der Waals surface area contributed by atoms with Crippen LogP contribution in [0.3, 0.4) is 0 Å². The van der Waals surface area contributed by atoms with Crippen molar-refractivity contribution in [3.05, 3.63) is 84.1 Å². The number of nitrogens with one attached hydrogen (secondary N) is 1. The fourth-order valence-corrected chi connectivity index (χ4v) is 4.55. The first-order valence-corrected chi connectivity index (χ1v) is 11.9. The molecule has 0 saturated carbocycles. The normalized spacial score (nSPS) is 14.9. The van der Waals surface area contributed by atoms with Crippen LogP contribution in [-0.4, -0.2) is 50.8 Å². The maximum atomic E-state index is 13.5. The first-order chi connectivity index (χ1) is 17.2. The molecule has 8 nitrogen and oxygen atoms in total. The second-order valence-corrected chi connectivity index (χ2v) is 8.56. The van der Waals surface area contributed by atoms with Gasteiger partial charge in [-0.25, -0.2) is 4.98 Å². The second-order valence-electron chi connectivity index (χ2n) is 8.56. The van der Waals surface area contributed by atoms with Gasteiger partial charge in [-0.15, -0.1) is 0 Å². The molecule has 3 heterocycles. The van der Waals surface area contributed by atoms with E-state index < -0.39 is 0 Å². The van der Waals surface area contributed by atoms with Gasteiger partial charge in [-0.2, -0.15) is 5.10 Å². The summed E-state index contributed by atoms with van der Waals surface area (Å²) in [7, 11) is 1.64. The van der Waals surface area contributed by atoms with Crippen molar-refractivity contribution < 1.29 is 14.3 Å². The quantitative estimate of drug-likeness (QED) is 0.362. The molecular formula is C27H29N5O3. The molecule has 1 aliphatic heterocycles. The molecule has 0 fully saturated rings. The fourth-order valence-electron chi connectivity index (χ4n) is 4.55. The predicted molar refractivity (Wildman–Crippen MR) is 133 cm³/mol. The van der Waals surface area contributed by atoms with E-state index >= 15 is 0 Å². The number of hydrogen-bond acceptors (Lipinski definition) is 5. The first kappa shape index (κ1) is 22.7. The Balaban J connectivity index is 1.49. The third-order valence-corrected chi connectivity index (χ3v) is 6.27. The lowest BCUT2D eigenvalue weighted by molar-refractivity contribution is 0.0739.